The molecule has 0 amide bonds. The molecule has 2 N–H and O–H groups in total. The fourth-order valence-electron chi connectivity index (χ4n) is 4.10. The number of piperidine rings is 1. The molecule has 0 atom stereocenters. The van der Waals surface area contributed by atoms with E-state index in [1.165, 1.54) is 6.07 Å². The van der Waals surface area contributed by atoms with Crippen molar-refractivity contribution in [3.63, 3.8) is 0 Å². The maximum absolute atomic E-state index is 11.5. The highest BCUT2D eigenvalue weighted by molar-refractivity contribution is 5.76. The Bertz CT molecular complexity index is 882. The van der Waals surface area contributed by atoms with Crippen molar-refractivity contribution in [2.45, 2.75) is 25.0 Å². The van der Waals surface area contributed by atoms with E-state index in [4.69, 9.17) is 9.47 Å². The Morgan fingerprint density at radius 2 is 1.70 bits per heavy atom. The molecule has 2 aromatic carbocycles. The smallest absolute Gasteiger partial charge is 0.277 e. The highest BCUT2D eigenvalue weighted by Crippen LogP contribution is 2.41. The third kappa shape index (κ3) is 2.82. The summed E-state index contributed by atoms with van der Waals surface area (Å²) in [4.78, 5) is 13.4. The van der Waals surface area contributed by atoms with E-state index in [9.17, 15) is 10.1 Å². The molecule has 1 spiro atoms. The molecule has 8 nitrogen and oxygen atoms in total. The maximum atomic E-state index is 11.5. The molecule has 0 bridgehead atoms. The van der Waals surface area contributed by atoms with Crippen LogP contribution in [0.25, 0.3) is 0 Å². The van der Waals surface area contributed by atoms with Crippen LogP contribution < -0.4 is 20.1 Å². The molecule has 0 aromatic heterocycles. The van der Waals surface area contributed by atoms with Gasteiger partial charge in [-0.15, -0.1) is 0 Å². The van der Waals surface area contributed by atoms with Crippen molar-refractivity contribution in [1.29, 1.82) is 0 Å². The van der Waals surface area contributed by atoms with Gasteiger partial charge in [-0.1, -0.05) is 12.1 Å². The van der Waals surface area contributed by atoms with Crippen molar-refractivity contribution >= 4 is 17.1 Å². The Kier molecular flexibility index (Phi) is 3.61. The number of nitro groups is 1. The fraction of sp³-hybridized carbons (Fsp3) is 0.368. The number of nitrogens with one attached hydrogen (secondary N) is 2. The molecule has 0 aliphatic carbocycles. The zero-order valence-electron chi connectivity index (χ0n) is 14.7. The van der Waals surface area contributed by atoms with Crippen LogP contribution >= 0.6 is 0 Å². The standard InChI is InChI=1S/C19H20N4O4/c24-23(25)16-10-18-17(26-12-27-18)9-13(16)11-22-7-5-19(6-8-22)20-14-3-1-2-4-15(14)21-19/h1-4,9-10,20-21H,5-8,11-12H2. The molecular formula is C19H20N4O4. The van der Waals surface area contributed by atoms with Gasteiger partial charge >= 0.3 is 0 Å². The SMILES string of the molecule is O=[N+]([O-])c1cc2c(cc1CN1CCC3(CC1)Nc1ccccc1N3)OCO2. The van der Waals surface area contributed by atoms with E-state index in [0.717, 1.165) is 37.3 Å². The molecule has 2 aromatic rings. The van der Waals surface area contributed by atoms with E-state index in [-0.39, 0.29) is 23.1 Å². The lowest BCUT2D eigenvalue weighted by Crippen LogP contribution is -2.51. The molecule has 5 rings (SSSR count). The average molecular weight is 368 g/mol. The van der Waals surface area contributed by atoms with Gasteiger partial charge in [-0.05, 0) is 18.2 Å². The second-order valence-corrected chi connectivity index (χ2v) is 7.25. The first kappa shape index (κ1) is 16.2. The molecule has 1 saturated heterocycles. The summed E-state index contributed by atoms with van der Waals surface area (Å²) in [5, 5.41) is 18.7. The van der Waals surface area contributed by atoms with Crippen LogP contribution in [-0.2, 0) is 6.54 Å². The Morgan fingerprint density at radius 3 is 2.33 bits per heavy atom. The minimum Gasteiger partial charge on any atom is -0.454 e. The number of nitrogens with zero attached hydrogens (tertiary/aromatic N) is 2. The van der Waals surface area contributed by atoms with Gasteiger partial charge in [-0.3, -0.25) is 15.0 Å². The van der Waals surface area contributed by atoms with Gasteiger partial charge in [-0.25, -0.2) is 0 Å². The number of anilines is 2. The predicted molar refractivity (Wildman–Crippen MR) is 100 cm³/mol. The summed E-state index contributed by atoms with van der Waals surface area (Å²) in [5.74, 6) is 1.03. The normalized spacial score (nSPS) is 19.4. The van der Waals surface area contributed by atoms with Crippen LogP contribution in [0.1, 0.15) is 18.4 Å². The van der Waals surface area contributed by atoms with Gasteiger partial charge in [0.25, 0.3) is 5.69 Å². The molecule has 0 unspecified atom stereocenters. The lowest BCUT2D eigenvalue weighted by atomic mass is 9.97. The molecular weight excluding hydrogens is 348 g/mol. The summed E-state index contributed by atoms with van der Waals surface area (Å²) in [7, 11) is 0. The Balaban J connectivity index is 1.30. The summed E-state index contributed by atoms with van der Waals surface area (Å²) in [5.41, 5.74) is 2.90. The van der Waals surface area contributed by atoms with Gasteiger partial charge in [0.1, 0.15) is 5.66 Å². The lowest BCUT2D eigenvalue weighted by molar-refractivity contribution is -0.385. The maximum Gasteiger partial charge on any atom is 0.277 e. The van der Waals surface area contributed by atoms with Crippen LogP contribution in [0.15, 0.2) is 36.4 Å². The minimum atomic E-state index is -0.348. The summed E-state index contributed by atoms with van der Waals surface area (Å²) in [6.07, 6.45) is 1.83. The summed E-state index contributed by atoms with van der Waals surface area (Å²) in [6, 6.07) is 11.4. The number of fused-ring (bicyclic) bond motifs is 2. The number of likely N-dealkylation sites (tertiary alicyclic amines) is 1. The topological polar surface area (TPSA) is 88.9 Å². The van der Waals surface area contributed by atoms with Gasteiger partial charge < -0.3 is 20.1 Å². The van der Waals surface area contributed by atoms with Crippen LogP contribution in [0.2, 0.25) is 0 Å². The number of hydrogen-bond donors (Lipinski definition) is 2. The largest absolute Gasteiger partial charge is 0.454 e. The third-order valence-corrected chi connectivity index (χ3v) is 5.55. The highest BCUT2D eigenvalue weighted by atomic mass is 16.7. The van der Waals surface area contributed by atoms with Crippen molar-refractivity contribution in [3.8, 4) is 11.5 Å². The van der Waals surface area contributed by atoms with E-state index < -0.39 is 0 Å². The van der Waals surface area contributed by atoms with Gasteiger partial charge in [0.2, 0.25) is 6.79 Å². The second-order valence-electron chi connectivity index (χ2n) is 7.25. The lowest BCUT2D eigenvalue weighted by Gasteiger charge is -2.40. The monoisotopic (exact) mass is 368 g/mol. The van der Waals surface area contributed by atoms with Gasteiger partial charge in [0.15, 0.2) is 11.5 Å². The molecule has 27 heavy (non-hydrogen) atoms. The van der Waals surface area contributed by atoms with Crippen LogP contribution in [0.5, 0.6) is 11.5 Å². The Morgan fingerprint density at radius 1 is 1.07 bits per heavy atom. The number of para-hydroxylation sites is 2. The number of ether oxygens (including phenoxy) is 2. The van der Waals surface area contributed by atoms with Crippen molar-refractivity contribution in [2.75, 3.05) is 30.5 Å². The number of hydrogen-bond acceptors (Lipinski definition) is 7. The number of benzene rings is 2. The zero-order valence-corrected chi connectivity index (χ0v) is 14.7. The van der Waals surface area contributed by atoms with E-state index >= 15 is 0 Å². The molecule has 3 heterocycles. The molecule has 1 fully saturated rings. The fourth-order valence-corrected chi connectivity index (χ4v) is 4.10. The van der Waals surface area contributed by atoms with Crippen LogP contribution in [0.4, 0.5) is 17.1 Å². The Hall–Kier alpha value is -3.00. The molecule has 0 saturated carbocycles. The molecule has 8 heteroatoms. The van der Waals surface area contributed by atoms with Crippen molar-refractivity contribution in [2.24, 2.45) is 0 Å². The van der Waals surface area contributed by atoms with E-state index in [2.05, 4.69) is 27.7 Å². The van der Waals surface area contributed by atoms with Crippen molar-refractivity contribution in [3.05, 3.63) is 52.1 Å². The number of rotatable bonds is 3. The number of nitro benzene ring substituents is 1. The van der Waals surface area contributed by atoms with Crippen molar-refractivity contribution < 1.29 is 14.4 Å². The molecule has 140 valence electrons. The van der Waals surface area contributed by atoms with Crippen LogP contribution in [0, 0.1) is 10.1 Å². The summed E-state index contributed by atoms with van der Waals surface area (Å²) < 4.78 is 10.7. The predicted octanol–water partition coefficient (Wildman–Crippen LogP) is 3.15. The molecule has 0 radical (unpaired) electrons. The van der Waals surface area contributed by atoms with E-state index in [1.54, 1.807) is 6.07 Å². The Labute approximate surface area is 156 Å². The first-order chi connectivity index (χ1) is 13.1. The summed E-state index contributed by atoms with van der Waals surface area (Å²) >= 11 is 0. The van der Waals surface area contributed by atoms with Gasteiger partial charge in [-0.2, -0.15) is 0 Å². The van der Waals surface area contributed by atoms with Crippen LogP contribution in [-0.4, -0.2) is 35.4 Å². The average Bonchev–Trinajstić information content (AvgIpc) is 3.26. The van der Waals surface area contributed by atoms with E-state index in [1.807, 2.05) is 12.1 Å². The first-order valence-corrected chi connectivity index (χ1v) is 9.07. The summed E-state index contributed by atoms with van der Waals surface area (Å²) in [6.45, 7) is 2.33. The van der Waals surface area contributed by atoms with Gasteiger partial charge in [0.05, 0.1) is 22.4 Å². The second kappa shape index (κ2) is 6.02. The highest BCUT2D eigenvalue weighted by Gasteiger charge is 2.39. The minimum absolute atomic E-state index is 0.0871. The molecule has 3 aliphatic heterocycles. The first-order valence-electron chi connectivity index (χ1n) is 9.07. The zero-order chi connectivity index (χ0) is 18.4. The van der Waals surface area contributed by atoms with Gasteiger partial charge in [0, 0.05) is 38.0 Å². The quantitative estimate of drug-likeness (QED) is 0.635. The van der Waals surface area contributed by atoms with Crippen LogP contribution in [0.3, 0.4) is 0 Å². The van der Waals surface area contributed by atoms with Crippen molar-refractivity contribution in [1.82, 2.24) is 4.90 Å². The third-order valence-electron chi connectivity index (χ3n) is 5.55. The molecule has 3 aliphatic rings. The van der Waals surface area contributed by atoms with E-state index in [0.29, 0.717) is 23.6 Å².